The van der Waals surface area contributed by atoms with Gasteiger partial charge < -0.3 is 14.4 Å². The van der Waals surface area contributed by atoms with Gasteiger partial charge in [0, 0.05) is 18.7 Å². The zero-order chi connectivity index (χ0) is 11.0. The Morgan fingerprint density at radius 1 is 1.47 bits per heavy atom. The molecular formula is C11H14N2O2. The van der Waals surface area contributed by atoms with Crippen LogP contribution in [-0.2, 0) is 6.54 Å². The summed E-state index contributed by atoms with van der Waals surface area (Å²) in [6.45, 7) is 4.87. The quantitative estimate of drug-likeness (QED) is 0.818. The first-order chi connectivity index (χ1) is 7.17. The first-order valence-electron chi connectivity index (χ1n) is 4.91. The predicted molar refractivity (Wildman–Crippen MR) is 58.4 cm³/mol. The van der Waals surface area contributed by atoms with E-state index in [1.54, 1.807) is 13.2 Å². The highest BCUT2D eigenvalue weighted by Gasteiger charge is 2.10. The molecule has 4 heteroatoms. The van der Waals surface area contributed by atoms with Crippen molar-refractivity contribution in [2.24, 2.45) is 0 Å². The van der Waals surface area contributed by atoms with Crippen molar-refractivity contribution in [2.45, 2.75) is 20.4 Å². The van der Waals surface area contributed by atoms with Crippen LogP contribution in [0.2, 0.25) is 0 Å². The molecule has 0 spiro atoms. The third-order valence-corrected chi connectivity index (χ3v) is 2.56. The molecule has 0 unspecified atom stereocenters. The Labute approximate surface area is 88.1 Å². The maximum Gasteiger partial charge on any atom is 0.162 e. The van der Waals surface area contributed by atoms with E-state index in [4.69, 9.17) is 4.74 Å². The molecule has 1 N–H and O–H groups in total. The number of nitrogens with zero attached hydrogens (tertiary/aromatic N) is 2. The summed E-state index contributed by atoms with van der Waals surface area (Å²) in [5.74, 6) is 1.56. The molecule has 0 aliphatic heterocycles. The van der Waals surface area contributed by atoms with E-state index >= 15 is 0 Å². The summed E-state index contributed by atoms with van der Waals surface area (Å²) in [4.78, 5) is 4.37. The topological polar surface area (TPSA) is 47.3 Å². The SMILES string of the molecule is CCn1c(C)nc2cc(O)c(OC)cc21. The van der Waals surface area contributed by atoms with E-state index in [0.29, 0.717) is 5.75 Å². The van der Waals surface area contributed by atoms with Gasteiger partial charge in [-0.15, -0.1) is 0 Å². The van der Waals surface area contributed by atoms with E-state index in [9.17, 15) is 5.11 Å². The minimum atomic E-state index is 0.130. The van der Waals surface area contributed by atoms with Crippen LogP contribution in [0, 0.1) is 6.92 Å². The fraction of sp³-hybridized carbons (Fsp3) is 0.364. The summed E-state index contributed by atoms with van der Waals surface area (Å²) >= 11 is 0. The fourth-order valence-electron chi connectivity index (χ4n) is 1.82. The van der Waals surface area contributed by atoms with Gasteiger partial charge in [-0.05, 0) is 13.8 Å². The lowest BCUT2D eigenvalue weighted by Crippen LogP contribution is -1.96. The first-order valence-corrected chi connectivity index (χ1v) is 4.91. The normalized spacial score (nSPS) is 10.9. The average molecular weight is 206 g/mol. The number of hydrogen-bond acceptors (Lipinski definition) is 3. The zero-order valence-corrected chi connectivity index (χ0v) is 9.11. The fourth-order valence-corrected chi connectivity index (χ4v) is 1.82. The van der Waals surface area contributed by atoms with Crippen molar-refractivity contribution in [2.75, 3.05) is 7.11 Å². The number of fused-ring (bicyclic) bond motifs is 1. The van der Waals surface area contributed by atoms with Crippen LogP contribution in [0.25, 0.3) is 11.0 Å². The summed E-state index contributed by atoms with van der Waals surface area (Å²) in [6.07, 6.45) is 0. The van der Waals surface area contributed by atoms with Gasteiger partial charge in [0.25, 0.3) is 0 Å². The molecule has 15 heavy (non-hydrogen) atoms. The van der Waals surface area contributed by atoms with Crippen LogP contribution in [0.3, 0.4) is 0 Å². The second-order valence-electron chi connectivity index (χ2n) is 3.42. The zero-order valence-electron chi connectivity index (χ0n) is 9.11. The summed E-state index contributed by atoms with van der Waals surface area (Å²) in [7, 11) is 1.54. The molecule has 0 fully saturated rings. The predicted octanol–water partition coefficient (Wildman–Crippen LogP) is 2.08. The number of ether oxygens (including phenoxy) is 1. The molecule has 1 aromatic heterocycles. The van der Waals surface area contributed by atoms with E-state index < -0.39 is 0 Å². The highest BCUT2D eigenvalue weighted by atomic mass is 16.5. The number of aromatic hydroxyl groups is 1. The van der Waals surface area contributed by atoms with Gasteiger partial charge in [0.05, 0.1) is 18.1 Å². The summed E-state index contributed by atoms with van der Waals surface area (Å²) in [5, 5.41) is 9.61. The molecule has 2 aromatic rings. The lowest BCUT2D eigenvalue weighted by atomic mass is 10.2. The van der Waals surface area contributed by atoms with Crippen LogP contribution < -0.4 is 4.74 Å². The molecule has 2 rings (SSSR count). The minimum Gasteiger partial charge on any atom is -0.504 e. The van der Waals surface area contributed by atoms with Crippen molar-refractivity contribution >= 4 is 11.0 Å². The van der Waals surface area contributed by atoms with Crippen LogP contribution >= 0.6 is 0 Å². The largest absolute Gasteiger partial charge is 0.504 e. The van der Waals surface area contributed by atoms with Gasteiger partial charge in [0.1, 0.15) is 5.82 Å². The molecule has 0 radical (unpaired) electrons. The monoisotopic (exact) mass is 206 g/mol. The first kappa shape index (κ1) is 9.83. The summed E-state index contributed by atoms with van der Waals surface area (Å²) < 4.78 is 7.15. The number of hydrogen-bond donors (Lipinski definition) is 1. The van der Waals surface area contributed by atoms with Crippen molar-refractivity contribution in [1.82, 2.24) is 9.55 Å². The average Bonchev–Trinajstić information content (AvgIpc) is 2.51. The lowest BCUT2D eigenvalue weighted by Gasteiger charge is -2.05. The van der Waals surface area contributed by atoms with Gasteiger partial charge in [-0.3, -0.25) is 0 Å². The molecule has 80 valence electrons. The second-order valence-corrected chi connectivity index (χ2v) is 3.42. The van der Waals surface area contributed by atoms with E-state index in [0.717, 1.165) is 23.4 Å². The van der Waals surface area contributed by atoms with Crippen molar-refractivity contribution in [3.05, 3.63) is 18.0 Å². The number of aryl methyl sites for hydroxylation is 2. The van der Waals surface area contributed by atoms with Crippen LogP contribution in [-0.4, -0.2) is 21.8 Å². The molecule has 1 aromatic carbocycles. The number of rotatable bonds is 2. The Balaban J connectivity index is 2.76. The molecule has 4 nitrogen and oxygen atoms in total. The van der Waals surface area contributed by atoms with Crippen molar-refractivity contribution in [3.8, 4) is 11.5 Å². The smallest absolute Gasteiger partial charge is 0.162 e. The number of aromatic nitrogens is 2. The summed E-state index contributed by atoms with van der Waals surface area (Å²) in [6, 6.07) is 3.45. The molecule has 0 atom stereocenters. The third kappa shape index (κ3) is 1.42. The number of phenols is 1. The molecule has 0 bridgehead atoms. The standard InChI is InChI=1S/C11H14N2O2/c1-4-13-7(2)12-8-5-10(14)11(15-3)6-9(8)13/h5-6,14H,4H2,1-3H3. The van der Waals surface area contributed by atoms with Crippen molar-refractivity contribution < 1.29 is 9.84 Å². The second kappa shape index (κ2) is 3.46. The van der Waals surface area contributed by atoms with Crippen LogP contribution in [0.5, 0.6) is 11.5 Å². The van der Waals surface area contributed by atoms with Crippen LogP contribution in [0.4, 0.5) is 0 Å². The molecule has 0 aliphatic rings. The van der Waals surface area contributed by atoms with Gasteiger partial charge >= 0.3 is 0 Å². The van der Waals surface area contributed by atoms with Gasteiger partial charge in [-0.2, -0.15) is 0 Å². The maximum absolute atomic E-state index is 9.61. The highest BCUT2D eigenvalue weighted by Crippen LogP contribution is 2.31. The van der Waals surface area contributed by atoms with E-state index in [1.165, 1.54) is 0 Å². The maximum atomic E-state index is 9.61. The Morgan fingerprint density at radius 3 is 2.80 bits per heavy atom. The summed E-state index contributed by atoms with van der Waals surface area (Å²) in [5.41, 5.74) is 1.79. The van der Waals surface area contributed by atoms with Gasteiger partial charge in [-0.25, -0.2) is 4.98 Å². The Kier molecular flexibility index (Phi) is 2.26. The Hall–Kier alpha value is -1.71. The molecule has 0 amide bonds. The van der Waals surface area contributed by atoms with Gasteiger partial charge in [0.15, 0.2) is 11.5 Å². The molecule has 1 heterocycles. The molecule has 0 saturated heterocycles. The van der Waals surface area contributed by atoms with Gasteiger partial charge in [-0.1, -0.05) is 0 Å². The highest BCUT2D eigenvalue weighted by molar-refractivity contribution is 5.80. The molecule has 0 aliphatic carbocycles. The van der Waals surface area contributed by atoms with E-state index in [-0.39, 0.29) is 5.75 Å². The third-order valence-electron chi connectivity index (χ3n) is 2.56. The number of phenolic OH excluding ortho intramolecular Hbond substituents is 1. The number of imidazole rings is 1. The Bertz CT molecular complexity index is 503. The van der Waals surface area contributed by atoms with E-state index in [2.05, 4.69) is 16.5 Å². The molecule has 0 saturated carbocycles. The van der Waals surface area contributed by atoms with Crippen molar-refractivity contribution in [1.29, 1.82) is 0 Å². The van der Waals surface area contributed by atoms with Crippen LogP contribution in [0.15, 0.2) is 12.1 Å². The van der Waals surface area contributed by atoms with Gasteiger partial charge in [0.2, 0.25) is 0 Å². The Morgan fingerprint density at radius 2 is 2.20 bits per heavy atom. The lowest BCUT2D eigenvalue weighted by molar-refractivity contribution is 0.374. The van der Waals surface area contributed by atoms with E-state index in [1.807, 2.05) is 13.0 Å². The van der Waals surface area contributed by atoms with Crippen LogP contribution in [0.1, 0.15) is 12.7 Å². The minimum absolute atomic E-state index is 0.130. The molecular weight excluding hydrogens is 192 g/mol. The van der Waals surface area contributed by atoms with Crippen molar-refractivity contribution in [3.63, 3.8) is 0 Å². The number of benzene rings is 1. The number of methoxy groups -OCH3 is 1.